The second-order valence-corrected chi connectivity index (χ2v) is 4.30. The van der Waals surface area contributed by atoms with E-state index in [1.54, 1.807) is 13.8 Å². The van der Waals surface area contributed by atoms with Gasteiger partial charge < -0.3 is 10.0 Å². The van der Waals surface area contributed by atoms with Crippen molar-refractivity contribution in [2.75, 3.05) is 7.05 Å². The number of carbonyl (C=O) groups excluding carboxylic acids is 1. The van der Waals surface area contributed by atoms with E-state index in [9.17, 15) is 22.8 Å². The first-order valence-corrected chi connectivity index (χ1v) is 5.11. The number of carboxylic acid groups (broad SMARTS) is 1. The van der Waals surface area contributed by atoms with Crippen LogP contribution in [0.15, 0.2) is 0 Å². The van der Waals surface area contributed by atoms with Crippen LogP contribution in [0.3, 0.4) is 0 Å². The topological polar surface area (TPSA) is 57.6 Å². The van der Waals surface area contributed by atoms with Crippen LogP contribution in [0.4, 0.5) is 13.2 Å². The van der Waals surface area contributed by atoms with Gasteiger partial charge >= 0.3 is 18.1 Å². The third-order valence-electron chi connectivity index (χ3n) is 2.26. The molecule has 17 heavy (non-hydrogen) atoms. The number of amides is 1. The molecule has 0 radical (unpaired) electrons. The molecule has 0 aromatic rings. The summed E-state index contributed by atoms with van der Waals surface area (Å²) in [6.45, 7) is 3.50. The van der Waals surface area contributed by atoms with Crippen molar-refractivity contribution in [3.63, 3.8) is 0 Å². The summed E-state index contributed by atoms with van der Waals surface area (Å²) in [6.07, 6.45) is -5.25. The van der Waals surface area contributed by atoms with Crippen LogP contribution in [0, 0.1) is 5.92 Å². The molecule has 0 aromatic carbocycles. The molecule has 4 nitrogen and oxygen atoms in total. The molecule has 0 saturated carbocycles. The van der Waals surface area contributed by atoms with Crippen molar-refractivity contribution in [2.45, 2.75) is 38.9 Å². The number of carbonyl (C=O) groups is 2. The van der Waals surface area contributed by atoms with Crippen molar-refractivity contribution < 1.29 is 27.9 Å². The van der Waals surface area contributed by atoms with Crippen molar-refractivity contribution in [2.24, 2.45) is 5.92 Å². The number of alkyl halides is 3. The van der Waals surface area contributed by atoms with Gasteiger partial charge in [-0.3, -0.25) is 9.59 Å². The lowest BCUT2D eigenvalue weighted by atomic mass is 10.00. The normalized spacial score (nSPS) is 13.6. The van der Waals surface area contributed by atoms with E-state index < -0.39 is 30.5 Å². The fraction of sp³-hybridized carbons (Fsp3) is 0.800. The fourth-order valence-corrected chi connectivity index (χ4v) is 1.49. The Hall–Kier alpha value is -1.27. The summed E-state index contributed by atoms with van der Waals surface area (Å²) in [7, 11) is 0.978. The van der Waals surface area contributed by atoms with E-state index >= 15 is 0 Å². The lowest BCUT2D eigenvalue weighted by molar-refractivity contribution is -0.186. The monoisotopic (exact) mass is 255 g/mol. The van der Waals surface area contributed by atoms with Crippen LogP contribution in [0.25, 0.3) is 0 Å². The SMILES string of the molecule is CC(C)C[C@@H](CC(=O)O)N(C)C(=O)C(F)(F)F. The third-order valence-corrected chi connectivity index (χ3v) is 2.26. The van der Waals surface area contributed by atoms with Gasteiger partial charge in [-0.15, -0.1) is 0 Å². The van der Waals surface area contributed by atoms with E-state index in [1.165, 1.54) is 0 Å². The van der Waals surface area contributed by atoms with Gasteiger partial charge in [0, 0.05) is 13.1 Å². The van der Waals surface area contributed by atoms with Gasteiger partial charge in [-0.05, 0) is 12.3 Å². The Morgan fingerprint density at radius 2 is 1.76 bits per heavy atom. The maximum atomic E-state index is 12.2. The van der Waals surface area contributed by atoms with Crippen LogP contribution in [0.2, 0.25) is 0 Å². The average molecular weight is 255 g/mol. The van der Waals surface area contributed by atoms with Gasteiger partial charge in [0.25, 0.3) is 0 Å². The summed E-state index contributed by atoms with van der Waals surface area (Å²) >= 11 is 0. The molecule has 0 aliphatic rings. The quantitative estimate of drug-likeness (QED) is 0.816. The standard InChI is InChI=1S/C10H16F3NO3/c1-6(2)4-7(5-8(15)16)14(3)9(17)10(11,12)13/h6-7H,4-5H2,1-3H3,(H,15,16)/t7-/m0/s1. The number of halogens is 3. The van der Waals surface area contributed by atoms with E-state index in [4.69, 9.17) is 5.11 Å². The summed E-state index contributed by atoms with van der Waals surface area (Å²) in [5, 5.41) is 8.61. The second-order valence-electron chi connectivity index (χ2n) is 4.30. The van der Waals surface area contributed by atoms with Crippen LogP contribution in [0.1, 0.15) is 26.7 Å². The Balaban J connectivity index is 4.79. The summed E-state index contributed by atoms with van der Waals surface area (Å²) in [5.41, 5.74) is 0. The maximum absolute atomic E-state index is 12.2. The molecule has 0 spiro atoms. The maximum Gasteiger partial charge on any atom is 0.471 e. The van der Waals surface area contributed by atoms with Crippen LogP contribution in [-0.4, -0.2) is 41.1 Å². The Bertz CT molecular complexity index is 289. The molecule has 0 saturated heterocycles. The van der Waals surface area contributed by atoms with Gasteiger partial charge in [0.05, 0.1) is 6.42 Å². The minimum absolute atomic E-state index is 0.00262. The lowest BCUT2D eigenvalue weighted by Crippen LogP contribution is -2.45. The average Bonchev–Trinajstić information content (AvgIpc) is 2.11. The molecule has 1 atom stereocenters. The summed E-state index contributed by atoms with van der Waals surface area (Å²) in [6, 6.07) is -0.943. The minimum atomic E-state index is -4.97. The molecule has 1 amide bonds. The number of aliphatic carboxylic acids is 1. The van der Waals surface area contributed by atoms with Crippen LogP contribution in [0.5, 0.6) is 0 Å². The zero-order valence-corrected chi connectivity index (χ0v) is 9.91. The van der Waals surface area contributed by atoms with Gasteiger partial charge in [-0.1, -0.05) is 13.8 Å². The molecule has 0 fully saturated rings. The van der Waals surface area contributed by atoms with Crippen molar-refractivity contribution in [1.29, 1.82) is 0 Å². The number of carboxylic acids is 1. The highest BCUT2D eigenvalue weighted by Crippen LogP contribution is 2.22. The van der Waals surface area contributed by atoms with Crippen LogP contribution >= 0.6 is 0 Å². The van der Waals surface area contributed by atoms with Gasteiger partial charge in [-0.2, -0.15) is 13.2 Å². The minimum Gasteiger partial charge on any atom is -0.481 e. The van der Waals surface area contributed by atoms with Gasteiger partial charge in [0.2, 0.25) is 0 Å². The zero-order chi connectivity index (χ0) is 13.8. The van der Waals surface area contributed by atoms with Crippen LogP contribution in [-0.2, 0) is 9.59 Å². The van der Waals surface area contributed by atoms with E-state index in [0.717, 1.165) is 7.05 Å². The van der Waals surface area contributed by atoms with E-state index in [0.29, 0.717) is 4.90 Å². The zero-order valence-electron chi connectivity index (χ0n) is 9.91. The van der Waals surface area contributed by atoms with E-state index in [1.807, 2.05) is 0 Å². The van der Waals surface area contributed by atoms with Gasteiger partial charge in [-0.25, -0.2) is 0 Å². The van der Waals surface area contributed by atoms with Crippen molar-refractivity contribution in [3.8, 4) is 0 Å². The molecule has 0 aliphatic heterocycles. The smallest absolute Gasteiger partial charge is 0.471 e. The fourth-order valence-electron chi connectivity index (χ4n) is 1.49. The van der Waals surface area contributed by atoms with Crippen molar-refractivity contribution in [3.05, 3.63) is 0 Å². The van der Waals surface area contributed by atoms with E-state index in [2.05, 4.69) is 0 Å². The molecule has 0 aliphatic carbocycles. The largest absolute Gasteiger partial charge is 0.481 e. The second kappa shape index (κ2) is 5.88. The molecular formula is C10H16F3NO3. The Labute approximate surface area is 97.4 Å². The highest BCUT2D eigenvalue weighted by atomic mass is 19.4. The first-order valence-electron chi connectivity index (χ1n) is 5.11. The number of hydrogen-bond donors (Lipinski definition) is 1. The summed E-state index contributed by atoms with van der Waals surface area (Å²) in [5.74, 6) is -3.23. The third kappa shape index (κ3) is 5.55. The highest BCUT2D eigenvalue weighted by molar-refractivity contribution is 5.82. The summed E-state index contributed by atoms with van der Waals surface area (Å²) in [4.78, 5) is 22.0. The Kier molecular flexibility index (Phi) is 5.44. The number of nitrogens with zero attached hydrogens (tertiary/aromatic N) is 1. The predicted molar refractivity (Wildman–Crippen MR) is 54.3 cm³/mol. The van der Waals surface area contributed by atoms with E-state index in [-0.39, 0.29) is 12.3 Å². The molecule has 1 N–H and O–H groups in total. The van der Waals surface area contributed by atoms with Crippen molar-refractivity contribution >= 4 is 11.9 Å². The molecular weight excluding hydrogens is 239 g/mol. The first kappa shape index (κ1) is 15.7. The molecule has 7 heteroatoms. The number of hydrogen-bond acceptors (Lipinski definition) is 2. The Morgan fingerprint density at radius 1 is 1.29 bits per heavy atom. The molecule has 0 aromatic heterocycles. The van der Waals surface area contributed by atoms with Gasteiger partial charge in [0.15, 0.2) is 0 Å². The predicted octanol–water partition coefficient (Wildman–Crippen LogP) is 1.90. The summed E-state index contributed by atoms with van der Waals surface area (Å²) < 4.78 is 36.6. The first-order chi connectivity index (χ1) is 7.55. The molecule has 100 valence electrons. The number of rotatable bonds is 5. The molecule has 0 rings (SSSR count). The molecule has 0 bridgehead atoms. The molecule has 0 heterocycles. The lowest BCUT2D eigenvalue weighted by Gasteiger charge is -2.29. The van der Waals surface area contributed by atoms with Crippen LogP contribution < -0.4 is 0 Å². The van der Waals surface area contributed by atoms with Gasteiger partial charge in [0.1, 0.15) is 0 Å². The molecule has 0 unspecified atom stereocenters. The Morgan fingerprint density at radius 3 is 2.06 bits per heavy atom. The highest BCUT2D eigenvalue weighted by Gasteiger charge is 2.43. The van der Waals surface area contributed by atoms with Crippen molar-refractivity contribution in [1.82, 2.24) is 4.90 Å².